The lowest BCUT2D eigenvalue weighted by Crippen LogP contribution is -2.20. The summed E-state index contributed by atoms with van der Waals surface area (Å²) in [6, 6.07) is 0. The monoisotopic (exact) mass is 210 g/mol. The van der Waals surface area contributed by atoms with Gasteiger partial charge in [-0.2, -0.15) is 0 Å². The Kier molecular flexibility index (Phi) is 4.52. The van der Waals surface area contributed by atoms with Crippen LogP contribution in [0.4, 0.5) is 0 Å². The molecule has 1 saturated heterocycles. The number of carbonyl (C=O) groups excluding carboxylic acids is 1. The summed E-state index contributed by atoms with van der Waals surface area (Å²) >= 11 is 0. The smallest absolute Gasteiger partial charge is 0.167 e. The number of ether oxygens (including phenoxy) is 1. The van der Waals surface area contributed by atoms with E-state index in [1.807, 2.05) is 6.92 Å². The third kappa shape index (κ3) is 2.91. The molecule has 1 aliphatic rings. The molecule has 0 N–H and O–H groups in total. The third-order valence-electron chi connectivity index (χ3n) is 3.38. The summed E-state index contributed by atoms with van der Waals surface area (Å²) in [7, 11) is 0. The van der Waals surface area contributed by atoms with E-state index in [-0.39, 0.29) is 23.9 Å². The van der Waals surface area contributed by atoms with Gasteiger partial charge in [0.2, 0.25) is 0 Å². The molecule has 1 rings (SSSR count). The van der Waals surface area contributed by atoms with Gasteiger partial charge in [0.1, 0.15) is 6.10 Å². The highest BCUT2D eigenvalue weighted by Crippen LogP contribution is 2.29. The summed E-state index contributed by atoms with van der Waals surface area (Å²) in [5.74, 6) is 0.944. The fourth-order valence-electron chi connectivity index (χ4n) is 2.02. The first kappa shape index (κ1) is 12.4. The standard InChI is InChI=1S/C13H22O2/c1-5-7-11-13(14)10(4)12(15-11)8-9(3)6-2/h5,9-12H,1,6-8H2,2-4H3/t9-,10+,11+,12-/m1/s1. The summed E-state index contributed by atoms with van der Waals surface area (Å²) in [4.78, 5) is 11.8. The van der Waals surface area contributed by atoms with Crippen molar-refractivity contribution < 1.29 is 9.53 Å². The van der Waals surface area contributed by atoms with Crippen LogP contribution in [0.3, 0.4) is 0 Å². The molecule has 0 amide bonds. The van der Waals surface area contributed by atoms with Crippen LogP contribution < -0.4 is 0 Å². The SMILES string of the molecule is C=CC[C@@H]1O[C@H](C[C@H](C)CC)[C@H](C)C1=O. The molecular formula is C13H22O2. The lowest BCUT2D eigenvalue weighted by atomic mass is 9.92. The molecule has 0 unspecified atom stereocenters. The first-order chi connectivity index (χ1) is 7.10. The Morgan fingerprint density at radius 2 is 2.27 bits per heavy atom. The Labute approximate surface area is 92.7 Å². The lowest BCUT2D eigenvalue weighted by Gasteiger charge is -2.17. The number of rotatable bonds is 5. The molecule has 2 heteroatoms. The van der Waals surface area contributed by atoms with Crippen LogP contribution in [-0.4, -0.2) is 18.0 Å². The highest BCUT2D eigenvalue weighted by atomic mass is 16.5. The minimum Gasteiger partial charge on any atom is -0.366 e. The summed E-state index contributed by atoms with van der Waals surface area (Å²) in [6.07, 6.45) is 4.45. The maximum Gasteiger partial charge on any atom is 0.167 e. The highest BCUT2D eigenvalue weighted by molar-refractivity contribution is 5.87. The molecule has 15 heavy (non-hydrogen) atoms. The highest BCUT2D eigenvalue weighted by Gasteiger charge is 2.39. The van der Waals surface area contributed by atoms with Gasteiger partial charge in [-0.15, -0.1) is 6.58 Å². The molecule has 0 aromatic heterocycles. The fourth-order valence-corrected chi connectivity index (χ4v) is 2.02. The second kappa shape index (κ2) is 5.45. The van der Waals surface area contributed by atoms with Crippen molar-refractivity contribution in [1.29, 1.82) is 0 Å². The zero-order valence-corrected chi connectivity index (χ0v) is 10.0. The summed E-state index contributed by atoms with van der Waals surface area (Å²) in [5, 5.41) is 0. The molecule has 86 valence electrons. The average molecular weight is 210 g/mol. The van der Waals surface area contributed by atoms with E-state index in [4.69, 9.17) is 4.74 Å². The topological polar surface area (TPSA) is 26.3 Å². The van der Waals surface area contributed by atoms with Crippen LogP contribution in [-0.2, 0) is 9.53 Å². The second-order valence-corrected chi connectivity index (χ2v) is 4.63. The Morgan fingerprint density at radius 1 is 1.60 bits per heavy atom. The summed E-state index contributed by atoms with van der Waals surface area (Å²) in [6.45, 7) is 10.0. The van der Waals surface area contributed by atoms with Crippen molar-refractivity contribution in [3.05, 3.63) is 12.7 Å². The van der Waals surface area contributed by atoms with Gasteiger partial charge in [0, 0.05) is 5.92 Å². The molecular weight excluding hydrogens is 188 g/mol. The van der Waals surface area contributed by atoms with Crippen LogP contribution in [0.15, 0.2) is 12.7 Å². The minimum absolute atomic E-state index is 0.0592. The van der Waals surface area contributed by atoms with E-state index in [1.165, 1.54) is 0 Å². The van der Waals surface area contributed by atoms with Crippen molar-refractivity contribution in [3.63, 3.8) is 0 Å². The predicted molar refractivity (Wildman–Crippen MR) is 61.7 cm³/mol. The second-order valence-electron chi connectivity index (χ2n) is 4.63. The number of carbonyl (C=O) groups is 1. The van der Waals surface area contributed by atoms with E-state index in [0.717, 1.165) is 12.8 Å². The Hall–Kier alpha value is -0.630. The number of ketones is 1. The van der Waals surface area contributed by atoms with Crippen LogP contribution in [0.25, 0.3) is 0 Å². The lowest BCUT2D eigenvalue weighted by molar-refractivity contribution is -0.124. The van der Waals surface area contributed by atoms with Crippen LogP contribution in [0.1, 0.15) is 40.0 Å². The summed E-state index contributed by atoms with van der Waals surface area (Å²) in [5.41, 5.74) is 0. The molecule has 2 nitrogen and oxygen atoms in total. The maximum absolute atomic E-state index is 11.8. The van der Waals surface area contributed by atoms with Gasteiger partial charge in [-0.05, 0) is 18.8 Å². The quantitative estimate of drug-likeness (QED) is 0.652. The molecule has 0 bridgehead atoms. The molecule has 4 atom stereocenters. The molecule has 0 saturated carbocycles. The van der Waals surface area contributed by atoms with Crippen LogP contribution in [0.2, 0.25) is 0 Å². The molecule has 0 spiro atoms. The normalized spacial score (nSPS) is 33.0. The number of hydrogen-bond acceptors (Lipinski definition) is 2. The van der Waals surface area contributed by atoms with E-state index in [9.17, 15) is 4.79 Å². The zero-order chi connectivity index (χ0) is 11.4. The Bertz CT molecular complexity index is 235. The first-order valence-electron chi connectivity index (χ1n) is 5.90. The average Bonchev–Trinajstić information content (AvgIpc) is 2.47. The van der Waals surface area contributed by atoms with Crippen LogP contribution in [0, 0.1) is 11.8 Å². The molecule has 0 aliphatic carbocycles. The third-order valence-corrected chi connectivity index (χ3v) is 3.38. The van der Waals surface area contributed by atoms with Gasteiger partial charge in [-0.25, -0.2) is 0 Å². The van der Waals surface area contributed by atoms with Gasteiger partial charge >= 0.3 is 0 Å². The van der Waals surface area contributed by atoms with E-state index < -0.39 is 0 Å². The van der Waals surface area contributed by atoms with Gasteiger partial charge in [-0.3, -0.25) is 4.79 Å². The summed E-state index contributed by atoms with van der Waals surface area (Å²) < 4.78 is 5.78. The molecule has 0 aromatic carbocycles. The van der Waals surface area contributed by atoms with Gasteiger partial charge in [0.15, 0.2) is 5.78 Å². The van der Waals surface area contributed by atoms with Crippen molar-refractivity contribution in [2.24, 2.45) is 11.8 Å². The van der Waals surface area contributed by atoms with Crippen molar-refractivity contribution in [2.45, 2.75) is 52.2 Å². The van der Waals surface area contributed by atoms with Crippen molar-refractivity contribution in [3.8, 4) is 0 Å². The van der Waals surface area contributed by atoms with Gasteiger partial charge in [0.25, 0.3) is 0 Å². The number of hydrogen-bond donors (Lipinski definition) is 0. The van der Waals surface area contributed by atoms with Gasteiger partial charge in [0.05, 0.1) is 6.10 Å². The Balaban J connectivity index is 2.54. The van der Waals surface area contributed by atoms with Gasteiger partial charge in [-0.1, -0.05) is 33.3 Å². The van der Waals surface area contributed by atoms with E-state index in [0.29, 0.717) is 12.3 Å². The largest absolute Gasteiger partial charge is 0.366 e. The van der Waals surface area contributed by atoms with Crippen molar-refractivity contribution in [2.75, 3.05) is 0 Å². The van der Waals surface area contributed by atoms with E-state index in [2.05, 4.69) is 20.4 Å². The predicted octanol–water partition coefficient (Wildman–Crippen LogP) is 2.97. The molecule has 1 aliphatic heterocycles. The minimum atomic E-state index is -0.230. The van der Waals surface area contributed by atoms with Crippen molar-refractivity contribution >= 4 is 5.78 Å². The first-order valence-corrected chi connectivity index (χ1v) is 5.90. The number of Topliss-reactive ketones (excluding diaryl/α,β-unsaturated/α-hetero) is 1. The van der Waals surface area contributed by atoms with Crippen LogP contribution >= 0.6 is 0 Å². The fraction of sp³-hybridized carbons (Fsp3) is 0.769. The van der Waals surface area contributed by atoms with E-state index >= 15 is 0 Å². The zero-order valence-electron chi connectivity index (χ0n) is 10.0. The maximum atomic E-state index is 11.8. The van der Waals surface area contributed by atoms with Crippen molar-refractivity contribution in [1.82, 2.24) is 0 Å². The molecule has 0 radical (unpaired) electrons. The Morgan fingerprint density at radius 3 is 2.80 bits per heavy atom. The molecule has 1 fully saturated rings. The molecule has 1 heterocycles. The van der Waals surface area contributed by atoms with Crippen LogP contribution in [0.5, 0.6) is 0 Å². The van der Waals surface area contributed by atoms with Gasteiger partial charge < -0.3 is 4.74 Å². The van der Waals surface area contributed by atoms with E-state index in [1.54, 1.807) is 6.08 Å². The molecule has 0 aromatic rings.